The Balaban J connectivity index is 2.81. The van der Waals surface area contributed by atoms with Gasteiger partial charge in [-0.25, -0.2) is 0 Å². The van der Waals surface area contributed by atoms with Crippen molar-refractivity contribution < 1.29 is 0 Å². The fraction of sp³-hybridized carbons (Fsp3) is 0.143. The summed E-state index contributed by atoms with van der Waals surface area (Å²) in [6.07, 6.45) is 0. The van der Waals surface area contributed by atoms with E-state index >= 15 is 0 Å². The van der Waals surface area contributed by atoms with Crippen molar-refractivity contribution in [2.24, 2.45) is 10.4 Å². The number of rotatable bonds is 3. The van der Waals surface area contributed by atoms with Crippen LogP contribution in [0.4, 0.5) is 5.69 Å². The monoisotopic (exact) mass is 150 g/mol. The van der Waals surface area contributed by atoms with Crippen molar-refractivity contribution in [3.63, 3.8) is 0 Å². The number of hydrogen-bond acceptors (Lipinski definition) is 4. The zero-order chi connectivity index (χ0) is 8.10. The second-order valence-corrected chi connectivity index (χ2v) is 2.04. The molecule has 0 aliphatic rings. The minimum atomic E-state index is 0.138. The average Bonchev–Trinajstić information content (AvgIpc) is 2.07. The second-order valence-electron chi connectivity index (χ2n) is 2.04. The molecule has 0 N–H and O–H groups in total. The number of hydrogen-bond donors (Lipinski definition) is 0. The van der Waals surface area contributed by atoms with Gasteiger partial charge in [-0.2, -0.15) is 4.91 Å². The van der Waals surface area contributed by atoms with Crippen LogP contribution in [0.1, 0.15) is 5.56 Å². The summed E-state index contributed by atoms with van der Waals surface area (Å²) in [5, 5.41) is 5.42. The first-order valence-corrected chi connectivity index (χ1v) is 3.08. The molecule has 0 fully saturated rings. The molecule has 1 aromatic rings. The fourth-order valence-electron chi connectivity index (χ4n) is 0.737. The smallest absolute Gasteiger partial charge is 0.108 e. The second kappa shape index (κ2) is 3.55. The van der Waals surface area contributed by atoms with Crippen molar-refractivity contribution in [1.29, 1.82) is 0 Å². The summed E-state index contributed by atoms with van der Waals surface area (Å²) >= 11 is 0. The highest BCUT2D eigenvalue weighted by atomic mass is 16.3. The zero-order valence-electron chi connectivity index (χ0n) is 5.73. The Morgan fingerprint density at radius 2 is 1.73 bits per heavy atom. The summed E-state index contributed by atoms with van der Waals surface area (Å²) in [4.78, 5) is 19.7. The predicted octanol–water partition coefficient (Wildman–Crippen LogP) is 2.35. The van der Waals surface area contributed by atoms with E-state index in [1.807, 2.05) is 0 Å². The molecule has 0 saturated heterocycles. The Labute approximate surface area is 63.2 Å². The molecule has 4 nitrogen and oxygen atoms in total. The lowest BCUT2D eigenvalue weighted by Gasteiger charge is -1.91. The van der Waals surface area contributed by atoms with Crippen LogP contribution >= 0.6 is 0 Å². The highest BCUT2D eigenvalue weighted by molar-refractivity contribution is 5.38. The summed E-state index contributed by atoms with van der Waals surface area (Å²) in [6, 6.07) is 6.40. The predicted molar refractivity (Wildman–Crippen MR) is 41.4 cm³/mol. The van der Waals surface area contributed by atoms with Gasteiger partial charge in [-0.3, -0.25) is 0 Å². The Bertz CT molecular complexity index is 256. The van der Waals surface area contributed by atoms with E-state index in [0.717, 1.165) is 5.56 Å². The standard InChI is InChI=1S/C7H6N2O2/c10-8-5-6-1-3-7(9-11)4-2-6/h1-4H,5H2. The van der Waals surface area contributed by atoms with Gasteiger partial charge in [0, 0.05) is 0 Å². The van der Waals surface area contributed by atoms with E-state index in [1.165, 1.54) is 0 Å². The molecule has 56 valence electrons. The molecule has 0 amide bonds. The molecule has 4 heteroatoms. The zero-order valence-corrected chi connectivity index (χ0v) is 5.73. The van der Waals surface area contributed by atoms with Gasteiger partial charge >= 0.3 is 0 Å². The van der Waals surface area contributed by atoms with Crippen molar-refractivity contribution in [1.82, 2.24) is 0 Å². The molecule has 0 spiro atoms. The third kappa shape index (κ3) is 1.93. The van der Waals surface area contributed by atoms with E-state index in [0.29, 0.717) is 5.69 Å². The van der Waals surface area contributed by atoms with Gasteiger partial charge in [0.05, 0.1) is 0 Å². The Morgan fingerprint density at radius 3 is 2.18 bits per heavy atom. The van der Waals surface area contributed by atoms with Crippen LogP contribution < -0.4 is 0 Å². The van der Waals surface area contributed by atoms with E-state index < -0.39 is 0 Å². The molecule has 0 bridgehead atoms. The van der Waals surface area contributed by atoms with Gasteiger partial charge in [0.2, 0.25) is 0 Å². The van der Waals surface area contributed by atoms with E-state index in [2.05, 4.69) is 10.4 Å². The third-order valence-electron chi connectivity index (χ3n) is 1.29. The van der Waals surface area contributed by atoms with E-state index in [1.54, 1.807) is 24.3 Å². The van der Waals surface area contributed by atoms with Crippen LogP contribution in [0.5, 0.6) is 0 Å². The lowest BCUT2D eigenvalue weighted by molar-refractivity contribution is 1.05. The lowest BCUT2D eigenvalue weighted by atomic mass is 10.2. The van der Waals surface area contributed by atoms with Gasteiger partial charge in [-0.05, 0) is 22.9 Å². The molecule has 0 aliphatic heterocycles. The summed E-state index contributed by atoms with van der Waals surface area (Å²) in [5.41, 5.74) is 1.15. The maximum atomic E-state index is 9.94. The molecule has 0 aromatic heterocycles. The topological polar surface area (TPSA) is 58.9 Å². The highest BCUT2D eigenvalue weighted by Crippen LogP contribution is 2.12. The minimum Gasteiger partial charge on any atom is -0.150 e. The van der Waals surface area contributed by atoms with Crippen molar-refractivity contribution in [3.8, 4) is 0 Å². The van der Waals surface area contributed by atoms with Crippen LogP contribution in [-0.2, 0) is 6.54 Å². The molecule has 11 heavy (non-hydrogen) atoms. The van der Waals surface area contributed by atoms with E-state index in [9.17, 15) is 9.81 Å². The van der Waals surface area contributed by atoms with Crippen LogP contribution in [-0.4, -0.2) is 0 Å². The van der Waals surface area contributed by atoms with Crippen LogP contribution in [0.15, 0.2) is 34.6 Å². The summed E-state index contributed by atoms with van der Waals surface area (Å²) < 4.78 is 0. The number of nitroso groups, excluding NO2 is 2. The molecule has 1 rings (SSSR count). The van der Waals surface area contributed by atoms with Crippen molar-refractivity contribution >= 4 is 5.69 Å². The van der Waals surface area contributed by atoms with Gasteiger partial charge in [0.1, 0.15) is 12.2 Å². The van der Waals surface area contributed by atoms with Crippen LogP contribution in [0.3, 0.4) is 0 Å². The SMILES string of the molecule is O=NCc1ccc(N=O)cc1. The van der Waals surface area contributed by atoms with Crippen LogP contribution in [0, 0.1) is 9.81 Å². The quantitative estimate of drug-likeness (QED) is 0.621. The minimum absolute atomic E-state index is 0.138. The van der Waals surface area contributed by atoms with Gasteiger partial charge < -0.3 is 0 Å². The molecule has 0 heterocycles. The lowest BCUT2D eigenvalue weighted by Crippen LogP contribution is -1.77. The maximum Gasteiger partial charge on any atom is 0.108 e. The Kier molecular flexibility index (Phi) is 2.43. The largest absolute Gasteiger partial charge is 0.150 e. The van der Waals surface area contributed by atoms with Gasteiger partial charge in [-0.1, -0.05) is 17.3 Å². The molecule has 0 aliphatic carbocycles. The average molecular weight is 150 g/mol. The van der Waals surface area contributed by atoms with Crippen molar-refractivity contribution in [2.45, 2.75) is 6.54 Å². The molecular formula is C7H6N2O2. The molecular weight excluding hydrogens is 144 g/mol. The number of benzene rings is 1. The molecule has 0 unspecified atom stereocenters. The van der Waals surface area contributed by atoms with Crippen LogP contribution in [0.2, 0.25) is 0 Å². The summed E-state index contributed by atoms with van der Waals surface area (Å²) in [5.74, 6) is 0. The van der Waals surface area contributed by atoms with Gasteiger partial charge in [0.15, 0.2) is 0 Å². The normalized spacial score (nSPS) is 9.09. The van der Waals surface area contributed by atoms with Gasteiger partial charge in [-0.15, -0.1) is 4.91 Å². The Morgan fingerprint density at radius 1 is 1.09 bits per heavy atom. The van der Waals surface area contributed by atoms with Crippen molar-refractivity contribution in [3.05, 3.63) is 39.6 Å². The Hall–Kier alpha value is -1.58. The first kappa shape index (κ1) is 7.53. The van der Waals surface area contributed by atoms with Crippen LogP contribution in [0.25, 0.3) is 0 Å². The first-order valence-electron chi connectivity index (χ1n) is 3.08. The molecule has 0 atom stereocenters. The molecule has 1 aromatic carbocycles. The maximum absolute atomic E-state index is 9.94. The summed E-state index contributed by atoms with van der Waals surface area (Å²) in [6.45, 7) is 0.138. The van der Waals surface area contributed by atoms with Crippen molar-refractivity contribution in [2.75, 3.05) is 0 Å². The highest BCUT2D eigenvalue weighted by Gasteiger charge is 1.92. The number of nitrogens with zero attached hydrogens (tertiary/aromatic N) is 2. The van der Waals surface area contributed by atoms with E-state index in [-0.39, 0.29) is 6.54 Å². The van der Waals surface area contributed by atoms with Gasteiger partial charge in [0.25, 0.3) is 0 Å². The molecule has 0 radical (unpaired) electrons. The first-order chi connectivity index (χ1) is 5.36. The fourth-order valence-corrected chi connectivity index (χ4v) is 0.737. The summed E-state index contributed by atoms with van der Waals surface area (Å²) in [7, 11) is 0. The van der Waals surface area contributed by atoms with E-state index in [4.69, 9.17) is 0 Å². The molecule has 0 saturated carbocycles. The third-order valence-corrected chi connectivity index (χ3v) is 1.29.